The molecule has 0 aliphatic rings. The third kappa shape index (κ3) is 2.69. The minimum Gasteiger partial charge on any atom is -0.364 e. The van der Waals surface area contributed by atoms with Gasteiger partial charge in [0.15, 0.2) is 0 Å². The van der Waals surface area contributed by atoms with Gasteiger partial charge in [0.25, 0.3) is 0 Å². The molecule has 0 aliphatic heterocycles. The van der Waals surface area contributed by atoms with Gasteiger partial charge in [-0.25, -0.2) is 0 Å². The van der Waals surface area contributed by atoms with E-state index in [-0.39, 0.29) is 12.2 Å². The summed E-state index contributed by atoms with van der Waals surface area (Å²) in [6.45, 7) is 6.20. The van der Waals surface area contributed by atoms with Crippen molar-refractivity contribution in [2.75, 3.05) is 0 Å². The van der Waals surface area contributed by atoms with E-state index < -0.39 is 0 Å². The molecule has 3 aromatic rings. The highest BCUT2D eigenvalue weighted by Gasteiger charge is 2.23. The fourth-order valence-electron chi connectivity index (χ4n) is 2.73. The number of para-hydroxylation sites is 1. The lowest BCUT2D eigenvalue weighted by molar-refractivity contribution is 0.0285. The van der Waals surface area contributed by atoms with Gasteiger partial charge in [-0.3, -0.25) is 4.98 Å². The number of H-pyrrole nitrogens is 1. The smallest absolute Gasteiger partial charge is 0.127 e. The molecular formula is C18H20N2O. The monoisotopic (exact) mass is 280 g/mol. The molecule has 1 aromatic carbocycles. The quantitative estimate of drug-likeness (QED) is 0.770. The van der Waals surface area contributed by atoms with Crippen LogP contribution in [0.2, 0.25) is 0 Å². The van der Waals surface area contributed by atoms with Gasteiger partial charge in [-0.15, -0.1) is 0 Å². The Morgan fingerprint density at radius 3 is 2.52 bits per heavy atom. The van der Waals surface area contributed by atoms with Crippen LogP contribution in [0, 0.1) is 6.92 Å². The Labute approximate surface area is 125 Å². The molecule has 1 atom stereocenters. The highest BCUT2D eigenvalue weighted by Crippen LogP contribution is 2.34. The molecule has 0 amide bonds. The van der Waals surface area contributed by atoms with Crippen molar-refractivity contribution in [2.45, 2.75) is 33.0 Å². The number of ether oxygens (including phenoxy) is 1. The van der Waals surface area contributed by atoms with E-state index in [1.807, 2.05) is 30.5 Å². The number of aromatic amines is 1. The lowest BCUT2D eigenvalue weighted by atomic mass is 10.0. The zero-order valence-electron chi connectivity index (χ0n) is 12.6. The Balaban J connectivity index is 2.17. The van der Waals surface area contributed by atoms with Gasteiger partial charge in [-0.1, -0.05) is 24.3 Å². The van der Waals surface area contributed by atoms with Crippen LogP contribution in [0.25, 0.3) is 10.9 Å². The van der Waals surface area contributed by atoms with Gasteiger partial charge >= 0.3 is 0 Å². The maximum atomic E-state index is 6.19. The van der Waals surface area contributed by atoms with Crippen molar-refractivity contribution < 1.29 is 4.74 Å². The Morgan fingerprint density at radius 2 is 1.81 bits per heavy atom. The first-order valence-corrected chi connectivity index (χ1v) is 7.30. The lowest BCUT2D eigenvalue weighted by Gasteiger charge is -2.21. The molecule has 3 nitrogen and oxygen atoms in total. The molecule has 21 heavy (non-hydrogen) atoms. The van der Waals surface area contributed by atoms with Gasteiger partial charge in [0.05, 0.1) is 11.8 Å². The number of aryl methyl sites for hydroxylation is 1. The fourth-order valence-corrected chi connectivity index (χ4v) is 2.73. The van der Waals surface area contributed by atoms with E-state index >= 15 is 0 Å². The number of nitrogens with one attached hydrogen (secondary N) is 1. The van der Waals surface area contributed by atoms with Crippen molar-refractivity contribution >= 4 is 10.9 Å². The summed E-state index contributed by atoms with van der Waals surface area (Å²) in [5.74, 6) is 0. The third-order valence-electron chi connectivity index (χ3n) is 3.57. The molecule has 3 rings (SSSR count). The molecule has 1 N–H and O–H groups in total. The average molecular weight is 280 g/mol. The number of pyridine rings is 1. The lowest BCUT2D eigenvalue weighted by Crippen LogP contribution is -2.13. The predicted molar refractivity (Wildman–Crippen MR) is 85.3 cm³/mol. The third-order valence-corrected chi connectivity index (χ3v) is 3.57. The summed E-state index contributed by atoms with van der Waals surface area (Å²) in [5, 5.41) is 1.20. The predicted octanol–water partition coefficient (Wildman–Crippen LogP) is 4.39. The van der Waals surface area contributed by atoms with Crippen LogP contribution in [0.15, 0.2) is 48.7 Å². The topological polar surface area (TPSA) is 37.9 Å². The van der Waals surface area contributed by atoms with Crippen molar-refractivity contribution in [1.82, 2.24) is 9.97 Å². The number of hydrogen-bond donors (Lipinski definition) is 1. The molecule has 0 spiro atoms. The summed E-state index contributed by atoms with van der Waals surface area (Å²) in [6.07, 6.45) is 1.79. The van der Waals surface area contributed by atoms with Gasteiger partial charge in [0.2, 0.25) is 0 Å². The molecule has 0 fully saturated rings. The first kappa shape index (κ1) is 13.8. The van der Waals surface area contributed by atoms with Crippen molar-refractivity contribution in [1.29, 1.82) is 0 Å². The molecule has 0 bridgehead atoms. The number of aromatic nitrogens is 2. The minimum atomic E-state index is -0.151. The Hall–Kier alpha value is -2.13. The van der Waals surface area contributed by atoms with Crippen molar-refractivity contribution in [3.8, 4) is 0 Å². The number of fused-ring (bicyclic) bond motifs is 1. The summed E-state index contributed by atoms with van der Waals surface area (Å²) < 4.78 is 6.19. The number of nitrogens with zero attached hydrogens (tertiary/aromatic N) is 1. The Kier molecular flexibility index (Phi) is 3.76. The van der Waals surface area contributed by atoms with Crippen LogP contribution in [-0.4, -0.2) is 16.1 Å². The molecule has 2 heterocycles. The second-order valence-corrected chi connectivity index (χ2v) is 5.53. The summed E-state index contributed by atoms with van der Waals surface area (Å²) in [5.41, 5.74) is 4.39. The van der Waals surface area contributed by atoms with E-state index in [1.165, 1.54) is 10.9 Å². The number of hydrogen-bond acceptors (Lipinski definition) is 2. The number of benzene rings is 1. The summed E-state index contributed by atoms with van der Waals surface area (Å²) in [4.78, 5) is 7.94. The van der Waals surface area contributed by atoms with Gasteiger partial charge in [0, 0.05) is 28.4 Å². The highest BCUT2D eigenvalue weighted by atomic mass is 16.5. The van der Waals surface area contributed by atoms with Crippen LogP contribution in [0.4, 0.5) is 0 Å². The molecule has 0 aliphatic carbocycles. The largest absolute Gasteiger partial charge is 0.364 e. The first-order valence-electron chi connectivity index (χ1n) is 7.30. The molecular weight excluding hydrogens is 260 g/mol. The minimum absolute atomic E-state index is 0.130. The van der Waals surface area contributed by atoms with Crippen LogP contribution >= 0.6 is 0 Å². The summed E-state index contributed by atoms with van der Waals surface area (Å²) in [6, 6.07) is 14.3. The number of rotatable bonds is 4. The molecule has 3 heteroatoms. The normalized spacial score (nSPS) is 13.0. The van der Waals surface area contributed by atoms with Crippen molar-refractivity contribution in [2.24, 2.45) is 0 Å². The molecule has 0 radical (unpaired) electrons. The second kappa shape index (κ2) is 5.70. The van der Waals surface area contributed by atoms with Crippen LogP contribution in [0.3, 0.4) is 0 Å². The maximum absolute atomic E-state index is 6.19. The van der Waals surface area contributed by atoms with Gasteiger partial charge in [0.1, 0.15) is 6.10 Å². The van der Waals surface area contributed by atoms with Crippen LogP contribution in [0.1, 0.15) is 36.9 Å². The van der Waals surface area contributed by atoms with E-state index in [1.54, 1.807) is 0 Å². The van der Waals surface area contributed by atoms with Crippen LogP contribution in [-0.2, 0) is 4.74 Å². The standard InChI is InChI=1S/C18H20N2O/c1-12(2)21-18(16-10-6-7-11-19-16)17-13(3)20-15-9-5-4-8-14(15)17/h4-12,18,20H,1-3H3. The second-order valence-electron chi connectivity index (χ2n) is 5.53. The van der Waals surface area contributed by atoms with Crippen molar-refractivity contribution in [3.05, 3.63) is 65.6 Å². The van der Waals surface area contributed by atoms with Crippen LogP contribution in [0.5, 0.6) is 0 Å². The highest BCUT2D eigenvalue weighted by molar-refractivity contribution is 5.85. The first-order chi connectivity index (χ1) is 10.2. The van der Waals surface area contributed by atoms with E-state index in [4.69, 9.17) is 4.74 Å². The zero-order valence-corrected chi connectivity index (χ0v) is 12.6. The SMILES string of the molecule is Cc1[nH]c2ccccc2c1C(OC(C)C)c1ccccn1. The van der Waals surface area contributed by atoms with Gasteiger partial charge < -0.3 is 9.72 Å². The van der Waals surface area contributed by atoms with Gasteiger partial charge in [-0.2, -0.15) is 0 Å². The fraction of sp³-hybridized carbons (Fsp3) is 0.278. The molecule has 2 aromatic heterocycles. The molecule has 1 unspecified atom stereocenters. The average Bonchev–Trinajstić information content (AvgIpc) is 2.81. The molecule has 0 saturated heterocycles. The van der Waals surface area contributed by atoms with Crippen LogP contribution < -0.4 is 0 Å². The van der Waals surface area contributed by atoms with E-state index in [0.29, 0.717) is 0 Å². The summed E-state index contributed by atoms with van der Waals surface area (Å²) >= 11 is 0. The summed E-state index contributed by atoms with van der Waals surface area (Å²) in [7, 11) is 0. The molecule has 0 saturated carbocycles. The molecule has 108 valence electrons. The van der Waals surface area contributed by atoms with E-state index in [0.717, 1.165) is 16.9 Å². The van der Waals surface area contributed by atoms with E-state index in [2.05, 4.69) is 48.9 Å². The maximum Gasteiger partial charge on any atom is 0.127 e. The Morgan fingerprint density at radius 1 is 1.05 bits per heavy atom. The Bertz CT molecular complexity index is 731. The van der Waals surface area contributed by atoms with Gasteiger partial charge in [-0.05, 0) is 39.0 Å². The van der Waals surface area contributed by atoms with Crippen molar-refractivity contribution in [3.63, 3.8) is 0 Å². The van der Waals surface area contributed by atoms with E-state index in [9.17, 15) is 0 Å². The zero-order chi connectivity index (χ0) is 14.8.